The van der Waals surface area contributed by atoms with Gasteiger partial charge < -0.3 is 10.2 Å². The van der Waals surface area contributed by atoms with Gasteiger partial charge in [0.15, 0.2) is 11.6 Å². The molecule has 2 N–H and O–H groups in total. The van der Waals surface area contributed by atoms with Gasteiger partial charge in [-0.2, -0.15) is 0 Å². The maximum Gasteiger partial charge on any atom is 0.168 e. The van der Waals surface area contributed by atoms with Crippen molar-refractivity contribution in [3.05, 3.63) is 46.9 Å². The van der Waals surface area contributed by atoms with E-state index < -0.39 is 0 Å². The minimum atomic E-state index is -0.269. The zero-order valence-electron chi connectivity index (χ0n) is 22.6. The fraction of sp³-hybridized carbons (Fsp3) is 0.533. The van der Waals surface area contributed by atoms with E-state index in [1.165, 1.54) is 0 Å². The first-order valence-corrected chi connectivity index (χ1v) is 13.0. The molecule has 6 nitrogen and oxygen atoms in total. The van der Waals surface area contributed by atoms with Crippen LogP contribution in [0.3, 0.4) is 0 Å². The van der Waals surface area contributed by atoms with Crippen molar-refractivity contribution in [2.75, 3.05) is 0 Å². The van der Waals surface area contributed by atoms with E-state index in [0.717, 1.165) is 12.8 Å². The highest BCUT2D eigenvalue weighted by molar-refractivity contribution is 6.26. The van der Waals surface area contributed by atoms with E-state index >= 15 is 0 Å². The fourth-order valence-electron chi connectivity index (χ4n) is 5.09. The Hall–Kier alpha value is -3.02. The summed E-state index contributed by atoms with van der Waals surface area (Å²) >= 11 is 0. The molecule has 0 radical (unpaired) electrons. The van der Waals surface area contributed by atoms with Crippen LogP contribution < -0.4 is 0 Å². The van der Waals surface area contributed by atoms with Gasteiger partial charge in [0.1, 0.15) is 11.5 Å². The van der Waals surface area contributed by atoms with Crippen LogP contribution in [0.25, 0.3) is 0 Å². The first kappa shape index (κ1) is 27.6. The lowest BCUT2D eigenvalue weighted by atomic mass is 9.73. The Kier molecular flexibility index (Phi) is 8.37. The van der Waals surface area contributed by atoms with Crippen LogP contribution in [0.1, 0.15) is 92.9 Å². The van der Waals surface area contributed by atoms with E-state index in [1.54, 1.807) is 0 Å². The molecule has 6 heteroatoms. The minimum Gasteiger partial charge on any atom is -0.511 e. The summed E-state index contributed by atoms with van der Waals surface area (Å²) in [6.45, 7) is 12.0. The number of Topliss-reactive ketones (excluding diaryl/α,β-unsaturated/α-hetero) is 2. The standard InChI is InChI=1S/C30H40N2O4/c1-7-11-23(33)27-21(15-29(3,4)17-25(27)35)31-19-13-9-10-14-20(19)32-22-16-30(5,6)18-26(36)28(22)24(34)12-8-2/h9-10,13-14,33-34H,7-8,11-12,15-18H2,1-6H3. The molecule has 1 aromatic carbocycles. The number of nitrogens with zero attached hydrogens (tertiary/aromatic N) is 2. The highest BCUT2D eigenvalue weighted by atomic mass is 16.3. The highest BCUT2D eigenvalue weighted by Gasteiger charge is 2.37. The Balaban J connectivity index is 2.18. The molecule has 0 unspecified atom stereocenters. The smallest absolute Gasteiger partial charge is 0.168 e. The van der Waals surface area contributed by atoms with Crippen molar-refractivity contribution in [2.24, 2.45) is 20.8 Å². The summed E-state index contributed by atoms with van der Waals surface area (Å²) in [5, 5.41) is 21.4. The molecule has 2 aliphatic rings. The summed E-state index contributed by atoms with van der Waals surface area (Å²) in [4.78, 5) is 35.8. The molecule has 0 amide bonds. The molecule has 0 heterocycles. The number of aliphatic hydroxyl groups is 2. The molecule has 0 bridgehead atoms. The van der Waals surface area contributed by atoms with Crippen molar-refractivity contribution >= 4 is 34.4 Å². The van der Waals surface area contributed by atoms with Gasteiger partial charge in [-0.1, -0.05) is 53.7 Å². The van der Waals surface area contributed by atoms with Gasteiger partial charge in [0, 0.05) is 25.7 Å². The molecule has 36 heavy (non-hydrogen) atoms. The lowest BCUT2D eigenvalue weighted by molar-refractivity contribution is -0.118. The van der Waals surface area contributed by atoms with Crippen LogP contribution in [-0.4, -0.2) is 33.2 Å². The molecule has 0 aliphatic heterocycles. The number of carbonyl (C=O) groups is 2. The fourth-order valence-corrected chi connectivity index (χ4v) is 5.09. The van der Waals surface area contributed by atoms with Gasteiger partial charge in [0.25, 0.3) is 0 Å². The molecule has 194 valence electrons. The summed E-state index contributed by atoms with van der Waals surface area (Å²) in [7, 11) is 0. The third-order valence-electron chi connectivity index (χ3n) is 6.65. The lowest BCUT2D eigenvalue weighted by Gasteiger charge is -2.32. The monoisotopic (exact) mass is 492 g/mol. The van der Waals surface area contributed by atoms with Crippen LogP contribution in [0.4, 0.5) is 11.4 Å². The number of para-hydroxylation sites is 2. The molecule has 2 fully saturated rings. The van der Waals surface area contributed by atoms with Crippen LogP contribution in [0.5, 0.6) is 0 Å². The van der Waals surface area contributed by atoms with Gasteiger partial charge in [-0.15, -0.1) is 0 Å². The lowest BCUT2D eigenvalue weighted by Crippen LogP contribution is -2.32. The molecule has 1 aromatic rings. The van der Waals surface area contributed by atoms with Crippen molar-refractivity contribution in [3.63, 3.8) is 0 Å². The van der Waals surface area contributed by atoms with E-state index in [9.17, 15) is 19.8 Å². The second kappa shape index (κ2) is 10.9. The van der Waals surface area contributed by atoms with Crippen LogP contribution >= 0.6 is 0 Å². The first-order chi connectivity index (χ1) is 16.9. The average molecular weight is 493 g/mol. The third kappa shape index (κ3) is 6.40. The molecule has 0 atom stereocenters. The Labute approximate surface area is 215 Å². The zero-order valence-corrected chi connectivity index (χ0v) is 22.6. The topological polar surface area (TPSA) is 99.3 Å². The molecule has 0 aromatic heterocycles. The second-order valence-electron chi connectivity index (χ2n) is 11.6. The van der Waals surface area contributed by atoms with Gasteiger partial charge in [-0.05, 0) is 48.6 Å². The first-order valence-electron chi connectivity index (χ1n) is 13.0. The maximum absolute atomic E-state index is 13.0. The van der Waals surface area contributed by atoms with Crippen LogP contribution in [0.2, 0.25) is 0 Å². The number of rotatable bonds is 6. The van der Waals surface area contributed by atoms with E-state index in [-0.39, 0.29) is 33.9 Å². The predicted octanol–water partition coefficient (Wildman–Crippen LogP) is 7.83. The number of ketones is 2. The second-order valence-corrected chi connectivity index (χ2v) is 11.6. The quantitative estimate of drug-likeness (QED) is 0.312. The SMILES string of the molecule is CCCC(O)=C1C(=O)CC(C)(C)CC1=Nc1ccccc1N=C1CC(C)(C)CC(=O)C1=C(O)CCC. The third-order valence-corrected chi connectivity index (χ3v) is 6.65. The summed E-state index contributed by atoms with van der Waals surface area (Å²) in [6.07, 6.45) is 4.14. The summed E-state index contributed by atoms with van der Waals surface area (Å²) in [6, 6.07) is 7.38. The Morgan fingerprint density at radius 1 is 0.722 bits per heavy atom. The van der Waals surface area contributed by atoms with Crippen molar-refractivity contribution in [3.8, 4) is 0 Å². The van der Waals surface area contributed by atoms with E-state index in [4.69, 9.17) is 9.98 Å². The molecule has 2 aliphatic carbocycles. The molecular weight excluding hydrogens is 452 g/mol. The normalized spacial score (nSPS) is 24.8. The molecule has 3 rings (SSSR count). The molecule has 0 spiro atoms. The number of hydrogen-bond donors (Lipinski definition) is 2. The molecular formula is C30H40N2O4. The Morgan fingerprint density at radius 3 is 1.42 bits per heavy atom. The van der Waals surface area contributed by atoms with Crippen molar-refractivity contribution in [2.45, 2.75) is 92.9 Å². The maximum atomic E-state index is 13.0. The van der Waals surface area contributed by atoms with Crippen molar-refractivity contribution < 1.29 is 19.8 Å². The van der Waals surface area contributed by atoms with Crippen LogP contribution in [-0.2, 0) is 9.59 Å². The van der Waals surface area contributed by atoms with E-state index in [2.05, 4.69) is 0 Å². The minimum absolute atomic E-state index is 0.0888. The van der Waals surface area contributed by atoms with Gasteiger partial charge in [0.2, 0.25) is 0 Å². The summed E-state index contributed by atoms with van der Waals surface area (Å²) in [5.41, 5.74) is 2.39. The summed E-state index contributed by atoms with van der Waals surface area (Å²) in [5.74, 6) is 0.00733. The molecule has 2 saturated carbocycles. The van der Waals surface area contributed by atoms with Crippen molar-refractivity contribution in [1.29, 1.82) is 0 Å². The van der Waals surface area contributed by atoms with Crippen molar-refractivity contribution in [1.82, 2.24) is 0 Å². The zero-order chi connectivity index (χ0) is 26.7. The number of benzene rings is 1. The largest absolute Gasteiger partial charge is 0.511 e. The predicted molar refractivity (Wildman–Crippen MR) is 146 cm³/mol. The average Bonchev–Trinajstić information content (AvgIpc) is 2.73. The van der Waals surface area contributed by atoms with Gasteiger partial charge in [-0.3, -0.25) is 19.6 Å². The Bertz CT molecular complexity index is 1070. The number of aliphatic imine (C=N–C) groups is 2. The number of hydrogen-bond acceptors (Lipinski definition) is 6. The van der Waals surface area contributed by atoms with E-state index in [0.29, 0.717) is 72.5 Å². The summed E-state index contributed by atoms with van der Waals surface area (Å²) < 4.78 is 0. The number of aliphatic hydroxyl groups excluding tert-OH is 2. The number of allylic oxidation sites excluding steroid dienone is 4. The van der Waals surface area contributed by atoms with Crippen LogP contribution in [0, 0.1) is 10.8 Å². The van der Waals surface area contributed by atoms with Crippen LogP contribution in [0.15, 0.2) is 56.9 Å². The van der Waals surface area contributed by atoms with Gasteiger partial charge >= 0.3 is 0 Å². The van der Waals surface area contributed by atoms with E-state index in [1.807, 2.05) is 65.8 Å². The molecule has 0 saturated heterocycles. The highest BCUT2D eigenvalue weighted by Crippen LogP contribution is 2.40. The van der Waals surface area contributed by atoms with Gasteiger partial charge in [0.05, 0.1) is 33.9 Å². The van der Waals surface area contributed by atoms with Gasteiger partial charge in [-0.25, -0.2) is 0 Å². The Morgan fingerprint density at radius 2 is 1.08 bits per heavy atom. The number of carbonyl (C=O) groups excluding carboxylic acids is 2.